The summed E-state index contributed by atoms with van der Waals surface area (Å²) in [5, 5.41) is 0. The van der Waals surface area contributed by atoms with E-state index in [1.54, 1.807) is 0 Å². The number of rotatable bonds is 7. The number of benzene rings is 1. The maximum atomic E-state index is 13.4. The summed E-state index contributed by atoms with van der Waals surface area (Å²) < 4.78 is 36.9. The Hall–Kier alpha value is -1.49. The molecule has 0 heterocycles. The van der Waals surface area contributed by atoms with Crippen LogP contribution >= 0.6 is 0 Å². The van der Waals surface area contributed by atoms with Crippen LogP contribution in [0.5, 0.6) is 0 Å². The molecule has 1 fully saturated rings. The largest absolute Gasteiger partial charge is 0.465 e. The average molecular weight is 298 g/mol. The van der Waals surface area contributed by atoms with Crippen molar-refractivity contribution in [2.24, 2.45) is 0 Å². The van der Waals surface area contributed by atoms with E-state index in [9.17, 15) is 13.6 Å². The van der Waals surface area contributed by atoms with Gasteiger partial charge in [-0.2, -0.15) is 0 Å². The van der Waals surface area contributed by atoms with Crippen LogP contribution in [0.3, 0.4) is 0 Å². The highest BCUT2D eigenvalue weighted by atomic mass is 19.1. The molecule has 1 aromatic carbocycles. The van der Waals surface area contributed by atoms with Crippen molar-refractivity contribution in [2.45, 2.75) is 44.6 Å². The van der Waals surface area contributed by atoms with Crippen LogP contribution in [-0.4, -0.2) is 25.3 Å². The second-order valence-corrected chi connectivity index (χ2v) is 5.26. The van der Waals surface area contributed by atoms with Crippen LogP contribution in [0, 0.1) is 11.6 Å². The third-order valence-corrected chi connectivity index (χ3v) is 3.55. The first-order valence-electron chi connectivity index (χ1n) is 7.36. The number of esters is 1. The minimum absolute atomic E-state index is 0.0159. The van der Waals surface area contributed by atoms with Gasteiger partial charge in [0.1, 0.15) is 11.6 Å². The van der Waals surface area contributed by atoms with E-state index in [-0.39, 0.29) is 18.6 Å². The lowest BCUT2D eigenvalue weighted by molar-refractivity contribution is -0.143. The highest BCUT2D eigenvalue weighted by Gasteiger charge is 2.15. The lowest BCUT2D eigenvalue weighted by atomic mass is 10.1. The third-order valence-electron chi connectivity index (χ3n) is 3.55. The molecule has 0 aliphatic heterocycles. The first-order chi connectivity index (χ1) is 10.1. The zero-order chi connectivity index (χ0) is 15.1. The molecule has 5 heteroatoms. The smallest absolute Gasteiger partial charge is 0.310 e. The molecule has 0 saturated heterocycles. The Morgan fingerprint density at radius 1 is 1.19 bits per heavy atom. The standard InChI is InChI=1S/C16H20F2O3/c17-13-6-7-15(18)12(10-13)11-16(19)21-9-3-8-20-14-4-1-2-5-14/h6-7,10,14H,1-5,8-9,11H2. The van der Waals surface area contributed by atoms with Crippen molar-refractivity contribution in [3.05, 3.63) is 35.4 Å². The predicted molar refractivity (Wildman–Crippen MR) is 73.8 cm³/mol. The second-order valence-electron chi connectivity index (χ2n) is 5.26. The minimum Gasteiger partial charge on any atom is -0.465 e. The molecule has 0 atom stereocenters. The summed E-state index contributed by atoms with van der Waals surface area (Å²) in [4.78, 5) is 11.5. The van der Waals surface area contributed by atoms with Gasteiger partial charge >= 0.3 is 5.97 Å². The van der Waals surface area contributed by atoms with E-state index >= 15 is 0 Å². The van der Waals surface area contributed by atoms with Crippen molar-refractivity contribution in [1.29, 1.82) is 0 Å². The molecular formula is C16H20F2O3. The molecule has 0 amide bonds. The van der Waals surface area contributed by atoms with E-state index in [0.29, 0.717) is 19.1 Å². The van der Waals surface area contributed by atoms with Gasteiger partial charge in [-0.25, -0.2) is 8.78 Å². The van der Waals surface area contributed by atoms with Crippen LogP contribution in [0.2, 0.25) is 0 Å². The van der Waals surface area contributed by atoms with Crippen molar-refractivity contribution >= 4 is 5.97 Å². The summed E-state index contributed by atoms with van der Waals surface area (Å²) in [7, 11) is 0. The number of hydrogen-bond acceptors (Lipinski definition) is 3. The highest BCUT2D eigenvalue weighted by molar-refractivity contribution is 5.72. The second kappa shape index (κ2) is 8.08. The van der Waals surface area contributed by atoms with Crippen LogP contribution in [0.1, 0.15) is 37.7 Å². The summed E-state index contributed by atoms with van der Waals surface area (Å²) in [6.45, 7) is 0.800. The molecule has 1 aliphatic carbocycles. The molecule has 0 spiro atoms. The Morgan fingerprint density at radius 2 is 1.95 bits per heavy atom. The maximum Gasteiger partial charge on any atom is 0.310 e. The summed E-state index contributed by atoms with van der Waals surface area (Å²) in [5.41, 5.74) is 0.0159. The van der Waals surface area contributed by atoms with E-state index in [1.807, 2.05) is 0 Å². The lowest BCUT2D eigenvalue weighted by Crippen LogP contribution is -2.13. The predicted octanol–water partition coefficient (Wildman–Crippen LogP) is 3.40. The first-order valence-corrected chi connectivity index (χ1v) is 7.36. The van der Waals surface area contributed by atoms with Crippen LogP contribution in [0.4, 0.5) is 8.78 Å². The minimum atomic E-state index is -0.599. The van der Waals surface area contributed by atoms with E-state index in [4.69, 9.17) is 9.47 Å². The molecule has 0 N–H and O–H groups in total. The number of halogens is 2. The van der Waals surface area contributed by atoms with Gasteiger partial charge in [0.2, 0.25) is 0 Å². The topological polar surface area (TPSA) is 35.5 Å². The number of carbonyl (C=O) groups is 1. The van der Waals surface area contributed by atoms with Crippen LogP contribution in [0.25, 0.3) is 0 Å². The normalized spacial score (nSPS) is 15.3. The van der Waals surface area contributed by atoms with Gasteiger partial charge in [-0.3, -0.25) is 4.79 Å². The van der Waals surface area contributed by atoms with E-state index in [1.165, 1.54) is 12.8 Å². The van der Waals surface area contributed by atoms with Gasteiger partial charge in [-0.15, -0.1) is 0 Å². The lowest BCUT2D eigenvalue weighted by Gasteiger charge is -2.11. The number of hydrogen-bond donors (Lipinski definition) is 0. The SMILES string of the molecule is O=C(Cc1cc(F)ccc1F)OCCCOC1CCCC1. The molecule has 1 aromatic rings. The summed E-state index contributed by atoms with van der Waals surface area (Å²) in [6, 6.07) is 3.04. The van der Waals surface area contributed by atoms with Crippen molar-refractivity contribution in [3.8, 4) is 0 Å². The van der Waals surface area contributed by atoms with Crippen molar-refractivity contribution in [2.75, 3.05) is 13.2 Å². The zero-order valence-corrected chi connectivity index (χ0v) is 11.9. The zero-order valence-electron chi connectivity index (χ0n) is 11.9. The van der Waals surface area contributed by atoms with Gasteiger partial charge in [0.15, 0.2) is 0 Å². The summed E-state index contributed by atoms with van der Waals surface area (Å²) in [5.74, 6) is -1.72. The molecule has 116 valence electrons. The van der Waals surface area contributed by atoms with E-state index in [0.717, 1.165) is 31.0 Å². The first kappa shape index (κ1) is 15.9. The van der Waals surface area contributed by atoms with Crippen LogP contribution in [0.15, 0.2) is 18.2 Å². The van der Waals surface area contributed by atoms with Crippen LogP contribution in [-0.2, 0) is 20.7 Å². The number of ether oxygens (including phenoxy) is 2. The molecule has 3 nitrogen and oxygen atoms in total. The molecule has 1 aliphatic rings. The average Bonchev–Trinajstić information content (AvgIpc) is 2.96. The fraction of sp³-hybridized carbons (Fsp3) is 0.562. The fourth-order valence-corrected chi connectivity index (χ4v) is 2.44. The maximum absolute atomic E-state index is 13.4. The van der Waals surface area contributed by atoms with Gasteiger partial charge in [-0.05, 0) is 31.0 Å². The molecule has 21 heavy (non-hydrogen) atoms. The Bertz CT molecular complexity index is 471. The van der Waals surface area contributed by atoms with Gasteiger partial charge in [0, 0.05) is 12.0 Å². The van der Waals surface area contributed by atoms with E-state index < -0.39 is 17.6 Å². The Balaban J connectivity index is 1.62. The monoisotopic (exact) mass is 298 g/mol. The van der Waals surface area contributed by atoms with Gasteiger partial charge < -0.3 is 9.47 Å². The van der Waals surface area contributed by atoms with Crippen molar-refractivity contribution in [1.82, 2.24) is 0 Å². The quantitative estimate of drug-likeness (QED) is 0.572. The Labute approximate surface area is 123 Å². The molecule has 1 saturated carbocycles. The van der Waals surface area contributed by atoms with E-state index in [2.05, 4.69) is 0 Å². The third kappa shape index (κ3) is 5.42. The van der Waals surface area contributed by atoms with Gasteiger partial charge in [0.25, 0.3) is 0 Å². The molecule has 0 aromatic heterocycles. The number of carbonyl (C=O) groups excluding carboxylic acids is 1. The Morgan fingerprint density at radius 3 is 2.71 bits per heavy atom. The van der Waals surface area contributed by atoms with Gasteiger partial charge in [-0.1, -0.05) is 12.8 Å². The molecule has 0 radical (unpaired) electrons. The Kier molecular flexibility index (Phi) is 6.11. The molecule has 2 rings (SSSR count). The summed E-state index contributed by atoms with van der Waals surface area (Å²) >= 11 is 0. The fourth-order valence-electron chi connectivity index (χ4n) is 2.44. The van der Waals surface area contributed by atoms with Crippen molar-refractivity contribution < 1.29 is 23.0 Å². The molecule has 0 unspecified atom stereocenters. The molecule has 0 bridgehead atoms. The molecular weight excluding hydrogens is 278 g/mol. The van der Waals surface area contributed by atoms with Gasteiger partial charge in [0.05, 0.1) is 25.7 Å². The van der Waals surface area contributed by atoms with Crippen LogP contribution < -0.4 is 0 Å². The highest BCUT2D eigenvalue weighted by Crippen LogP contribution is 2.20. The summed E-state index contributed by atoms with van der Waals surface area (Å²) in [6.07, 6.45) is 5.37. The van der Waals surface area contributed by atoms with Crippen molar-refractivity contribution in [3.63, 3.8) is 0 Å².